The van der Waals surface area contributed by atoms with Gasteiger partial charge in [0.25, 0.3) is 0 Å². The summed E-state index contributed by atoms with van der Waals surface area (Å²) in [6.07, 6.45) is 3.33. The van der Waals surface area contributed by atoms with Crippen LogP contribution in [0.3, 0.4) is 0 Å². The van der Waals surface area contributed by atoms with E-state index < -0.39 is 0 Å². The zero-order chi connectivity index (χ0) is 11.2. The van der Waals surface area contributed by atoms with Gasteiger partial charge in [-0.25, -0.2) is 0 Å². The Morgan fingerprint density at radius 3 is 2.71 bits per heavy atom. The average molecular weight is 224 g/mol. The Morgan fingerprint density at radius 2 is 1.88 bits per heavy atom. The molecule has 86 valence electrons. The Kier molecular flexibility index (Phi) is 1.94. The highest BCUT2D eigenvalue weighted by Crippen LogP contribution is 2.44. The molecule has 0 saturated carbocycles. The van der Waals surface area contributed by atoms with E-state index in [2.05, 4.69) is 40.6 Å². The van der Waals surface area contributed by atoms with Crippen molar-refractivity contribution >= 4 is 0 Å². The van der Waals surface area contributed by atoms with E-state index in [1.165, 1.54) is 17.7 Å². The third-order valence-electron chi connectivity index (χ3n) is 4.23. The van der Waals surface area contributed by atoms with Crippen molar-refractivity contribution in [2.45, 2.75) is 18.3 Å². The third-order valence-corrected chi connectivity index (χ3v) is 4.23. The lowest BCUT2D eigenvalue weighted by atomic mass is 9.97. The number of hydrogen-bond acceptors (Lipinski definition) is 1. The van der Waals surface area contributed by atoms with Gasteiger partial charge in [0.1, 0.15) is 0 Å². The zero-order valence-corrected chi connectivity index (χ0v) is 9.74. The molecule has 1 saturated heterocycles. The first-order chi connectivity index (χ1) is 8.42. The first kappa shape index (κ1) is 9.49. The fourth-order valence-corrected chi connectivity index (χ4v) is 3.39. The number of hydrogen-bond donors (Lipinski definition) is 2. The fourth-order valence-electron chi connectivity index (χ4n) is 3.39. The van der Waals surface area contributed by atoms with Crippen LogP contribution in [0, 0.1) is 0 Å². The molecule has 2 atom stereocenters. The number of H-pyrrole nitrogens is 1. The molecule has 2 bridgehead atoms. The highest BCUT2D eigenvalue weighted by Gasteiger charge is 2.33. The predicted octanol–water partition coefficient (Wildman–Crippen LogP) is 2.86. The van der Waals surface area contributed by atoms with Gasteiger partial charge in [-0.1, -0.05) is 12.1 Å². The van der Waals surface area contributed by atoms with Crippen molar-refractivity contribution in [2.75, 3.05) is 13.1 Å². The van der Waals surface area contributed by atoms with Crippen LogP contribution in [-0.2, 0) is 0 Å². The van der Waals surface area contributed by atoms with Gasteiger partial charge < -0.3 is 10.3 Å². The van der Waals surface area contributed by atoms with E-state index >= 15 is 0 Å². The second kappa shape index (κ2) is 3.47. The third kappa shape index (κ3) is 1.37. The average Bonchev–Trinajstić information content (AvgIpc) is 2.98. The van der Waals surface area contributed by atoms with Gasteiger partial charge in [-0.15, -0.1) is 0 Å². The van der Waals surface area contributed by atoms with Crippen molar-refractivity contribution < 1.29 is 0 Å². The highest BCUT2D eigenvalue weighted by molar-refractivity contribution is 5.63. The number of aromatic nitrogens is 1. The largest absolute Gasteiger partial charge is 0.361 e. The minimum absolute atomic E-state index is 0.735. The standard InChI is InChI=1S/C15H16N2/c1-2-15(17-5-1)10-3-4-13-11-6-12(9-16-8-11)14(13)7-10/h1-5,7,11-12,16-17H,6,8-9H2. The van der Waals surface area contributed by atoms with Gasteiger partial charge in [-0.05, 0) is 53.1 Å². The van der Waals surface area contributed by atoms with E-state index in [-0.39, 0.29) is 0 Å². The van der Waals surface area contributed by atoms with Crippen LogP contribution in [0.25, 0.3) is 11.3 Å². The maximum absolute atomic E-state index is 3.54. The van der Waals surface area contributed by atoms with Crippen LogP contribution in [-0.4, -0.2) is 18.1 Å². The lowest BCUT2D eigenvalue weighted by molar-refractivity contribution is 0.454. The quantitative estimate of drug-likeness (QED) is 0.766. The Bertz CT molecular complexity index is 542. The summed E-state index contributed by atoms with van der Waals surface area (Å²) >= 11 is 0. The smallest absolute Gasteiger partial charge is 0.0453 e. The molecule has 2 unspecified atom stereocenters. The summed E-state index contributed by atoms with van der Waals surface area (Å²) in [5.74, 6) is 1.49. The number of fused-ring (bicyclic) bond motifs is 5. The summed E-state index contributed by atoms with van der Waals surface area (Å²) in [7, 11) is 0. The van der Waals surface area contributed by atoms with Crippen molar-refractivity contribution in [3.05, 3.63) is 47.7 Å². The number of aromatic amines is 1. The molecule has 2 nitrogen and oxygen atoms in total. The highest BCUT2D eigenvalue weighted by atomic mass is 14.9. The van der Waals surface area contributed by atoms with E-state index in [0.29, 0.717) is 0 Å². The summed E-state index contributed by atoms with van der Waals surface area (Å²) in [6, 6.07) is 11.2. The second-order valence-corrected chi connectivity index (χ2v) is 5.22. The van der Waals surface area contributed by atoms with Crippen LogP contribution in [0.1, 0.15) is 29.4 Å². The minimum Gasteiger partial charge on any atom is -0.361 e. The molecule has 2 N–H and O–H groups in total. The summed E-state index contributed by atoms with van der Waals surface area (Å²) in [6.45, 7) is 2.31. The molecule has 2 heterocycles. The molecule has 17 heavy (non-hydrogen) atoms. The number of piperidine rings is 1. The van der Waals surface area contributed by atoms with E-state index in [9.17, 15) is 0 Å². The molecule has 2 heteroatoms. The van der Waals surface area contributed by atoms with E-state index in [1.807, 2.05) is 6.20 Å². The SMILES string of the molecule is c1c[nH]c(-c2ccc3c(c2)C2CNCC3C2)c1. The van der Waals surface area contributed by atoms with Crippen LogP contribution in [0.4, 0.5) is 0 Å². The first-order valence-electron chi connectivity index (χ1n) is 6.40. The second-order valence-electron chi connectivity index (χ2n) is 5.22. The number of nitrogens with one attached hydrogen (secondary N) is 2. The summed E-state index contributed by atoms with van der Waals surface area (Å²) in [5.41, 5.74) is 5.70. The van der Waals surface area contributed by atoms with Gasteiger partial charge in [-0.2, -0.15) is 0 Å². The van der Waals surface area contributed by atoms with Crippen LogP contribution in [0.15, 0.2) is 36.5 Å². The Hall–Kier alpha value is -1.54. The molecule has 1 aliphatic heterocycles. The van der Waals surface area contributed by atoms with E-state index in [0.717, 1.165) is 24.9 Å². The van der Waals surface area contributed by atoms with Crippen LogP contribution < -0.4 is 5.32 Å². The van der Waals surface area contributed by atoms with E-state index in [1.54, 1.807) is 11.1 Å². The Labute approximate surface area is 101 Å². The van der Waals surface area contributed by atoms with Gasteiger partial charge in [-0.3, -0.25) is 0 Å². The summed E-state index contributed by atoms with van der Waals surface area (Å²) < 4.78 is 0. The fraction of sp³-hybridized carbons (Fsp3) is 0.333. The molecular weight excluding hydrogens is 208 g/mol. The normalized spacial score (nSPS) is 25.9. The minimum atomic E-state index is 0.735. The van der Waals surface area contributed by atoms with Gasteiger partial charge in [0, 0.05) is 25.0 Å². The molecule has 1 aromatic carbocycles. The molecule has 2 aromatic rings. The molecule has 1 aliphatic carbocycles. The van der Waals surface area contributed by atoms with Gasteiger partial charge >= 0.3 is 0 Å². The van der Waals surface area contributed by atoms with Crippen molar-refractivity contribution in [1.82, 2.24) is 10.3 Å². The van der Waals surface area contributed by atoms with Crippen molar-refractivity contribution in [3.8, 4) is 11.3 Å². The summed E-state index contributed by atoms with van der Waals surface area (Å²) in [4.78, 5) is 3.29. The monoisotopic (exact) mass is 224 g/mol. The van der Waals surface area contributed by atoms with Crippen LogP contribution >= 0.6 is 0 Å². The summed E-state index contributed by atoms with van der Waals surface area (Å²) in [5, 5.41) is 3.54. The lowest BCUT2D eigenvalue weighted by Crippen LogP contribution is -2.28. The van der Waals surface area contributed by atoms with Gasteiger partial charge in [0.15, 0.2) is 0 Å². The molecule has 4 rings (SSSR count). The van der Waals surface area contributed by atoms with Crippen molar-refractivity contribution in [2.24, 2.45) is 0 Å². The molecule has 1 fully saturated rings. The van der Waals surface area contributed by atoms with Crippen molar-refractivity contribution in [3.63, 3.8) is 0 Å². The Balaban J connectivity index is 1.83. The molecular formula is C15H16N2. The maximum atomic E-state index is 3.54. The van der Waals surface area contributed by atoms with Crippen LogP contribution in [0.2, 0.25) is 0 Å². The van der Waals surface area contributed by atoms with Gasteiger partial charge in [0.05, 0.1) is 0 Å². The Morgan fingerprint density at radius 1 is 1.00 bits per heavy atom. The number of rotatable bonds is 1. The molecule has 1 aromatic heterocycles. The molecule has 0 amide bonds. The topological polar surface area (TPSA) is 27.8 Å². The molecule has 0 spiro atoms. The van der Waals surface area contributed by atoms with E-state index in [4.69, 9.17) is 0 Å². The maximum Gasteiger partial charge on any atom is 0.0453 e. The van der Waals surface area contributed by atoms with Crippen LogP contribution in [0.5, 0.6) is 0 Å². The van der Waals surface area contributed by atoms with Crippen molar-refractivity contribution in [1.29, 1.82) is 0 Å². The first-order valence-corrected chi connectivity index (χ1v) is 6.40. The van der Waals surface area contributed by atoms with Gasteiger partial charge in [0.2, 0.25) is 0 Å². The number of benzene rings is 1. The predicted molar refractivity (Wildman–Crippen MR) is 69.2 cm³/mol. The zero-order valence-electron chi connectivity index (χ0n) is 9.74. The molecule has 2 aliphatic rings. The lowest BCUT2D eigenvalue weighted by Gasteiger charge is -2.19. The molecule has 0 radical (unpaired) electrons.